The number of carbonyl (C=O) groups excluding carboxylic acids is 1. The van der Waals surface area contributed by atoms with Gasteiger partial charge in [-0.15, -0.1) is 0 Å². The largest absolute Gasteiger partial charge is 0.366 e. The van der Waals surface area contributed by atoms with Crippen LogP contribution in [0.4, 0.5) is 11.4 Å². The fourth-order valence-electron chi connectivity index (χ4n) is 2.84. The van der Waals surface area contributed by atoms with E-state index in [0.717, 1.165) is 25.9 Å². The number of carbonyl (C=O) groups is 1. The van der Waals surface area contributed by atoms with E-state index in [4.69, 9.17) is 23.2 Å². The summed E-state index contributed by atoms with van der Waals surface area (Å²) in [6, 6.07) is 9.14. The SMILES string of the molecule is O=C(c1ccc(Cl)c(Cl)c1)c1ccc(N2CCCC2)c([N+](=O)[O-])c1. The van der Waals surface area contributed by atoms with E-state index in [0.29, 0.717) is 16.3 Å². The Morgan fingerprint density at radius 2 is 1.62 bits per heavy atom. The minimum Gasteiger partial charge on any atom is -0.366 e. The number of anilines is 1. The first kappa shape index (κ1) is 16.7. The Morgan fingerprint density at radius 1 is 1.00 bits per heavy atom. The lowest BCUT2D eigenvalue weighted by atomic mass is 10.0. The number of nitrogens with zero attached hydrogens (tertiary/aromatic N) is 2. The Labute approximate surface area is 148 Å². The molecule has 0 amide bonds. The zero-order chi connectivity index (χ0) is 17.3. The Bertz CT molecular complexity index is 817. The summed E-state index contributed by atoms with van der Waals surface area (Å²) in [6.07, 6.45) is 2.03. The number of nitro benzene ring substituents is 1. The van der Waals surface area contributed by atoms with Crippen LogP contribution in [0.15, 0.2) is 36.4 Å². The van der Waals surface area contributed by atoms with Crippen molar-refractivity contribution in [1.29, 1.82) is 0 Å². The third kappa shape index (κ3) is 3.23. The highest BCUT2D eigenvalue weighted by Crippen LogP contribution is 2.32. The van der Waals surface area contributed by atoms with Gasteiger partial charge in [-0.25, -0.2) is 0 Å². The zero-order valence-corrected chi connectivity index (χ0v) is 14.2. The molecule has 1 saturated heterocycles. The van der Waals surface area contributed by atoms with Crippen molar-refractivity contribution in [3.8, 4) is 0 Å². The van der Waals surface area contributed by atoms with Gasteiger partial charge in [0.25, 0.3) is 5.69 Å². The molecule has 0 aromatic heterocycles. The lowest BCUT2D eigenvalue weighted by Gasteiger charge is -2.17. The first-order chi connectivity index (χ1) is 11.5. The lowest BCUT2D eigenvalue weighted by Crippen LogP contribution is -2.19. The van der Waals surface area contributed by atoms with Crippen molar-refractivity contribution in [2.75, 3.05) is 18.0 Å². The summed E-state index contributed by atoms with van der Waals surface area (Å²) >= 11 is 11.8. The molecule has 1 aliphatic heterocycles. The lowest BCUT2D eigenvalue weighted by molar-refractivity contribution is -0.384. The topological polar surface area (TPSA) is 63.5 Å². The summed E-state index contributed by atoms with van der Waals surface area (Å²) in [6.45, 7) is 1.59. The third-order valence-corrected chi connectivity index (χ3v) is 4.80. The molecule has 7 heteroatoms. The smallest absolute Gasteiger partial charge is 0.293 e. The third-order valence-electron chi connectivity index (χ3n) is 4.06. The maximum Gasteiger partial charge on any atom is 0.293 e. The van der Waals surface area contributed by atoms with Crippen LogP contribution < -0.4 is 4.90 Å². The van der Waals surface area contributed by atoms with Crippen molar-refractivity contribution in [2.45, 2.75) is 12.8 Å². The van der Waals surface area contributed by atoms with Crippen molar-refractivity contribution < 1.29 is 9.72 Å². The molecule has 1 fully saturated rings. The highest BCUT2D eigenvalue weighted by molar-refractivity contribution is 6.42. The molecule has 1 aliphatic rings. The standard InChI is InChI=1S/C17H14Cl2N2O3/c18-13-5-3-11(9-14(13)19)17(22)12-4-6-15(16(10-12)21(23)24)20-7-1-2-8-20/h3-6,9-10H,1-2,7-8H2. The summed E-state index contributed by atoms with van der Waals surface area (Å²) in [5.74, 6) is -0.329. The molecule has 0 bridgehead atoms. The molecule has 24 heavy (non-hydrogen) atoms. The number of benzene rings is 2. The minimum absolute atomic E-state index is 0.0530. The number of hydrogen-bond acceptors (Lipinski definition) is 4. The van der Waals surface area contributed by atoms with Crippen LogP contribution in [0.3, 0.4) is 0 Å². The van der Waals surface area contributed by atoms with E-state index in [1.165, 1.54) is 18.2 Å². The van der Waals surface area contributed by atoms with Crippen molar-refractivity contribution >= 4 is 40.4 Å². The monoisotopic (exact) mass is 364 g/mol. The average molecular weight is 365 g/mol. The van der Waals surface area contributed by atoms with Crippen LogP contribution in [0, 0.1) is 10.1 Å². The van der Waals surface area contributed by atoms with Crippen LogP contribution in [0.5, 0.6) is 0 Å². The van der Waals surface area contributed by atoms with Gasteiger partial charge >= 0.3 is 0 Å². The molecule has 0 spiro atoms. The maximum absolute atomic E-state index is 12.6. The van der Waals surface area contributed by atoms with Gasteiger partial charge in [0.15, 0.2) is 5.78 Å². The number of hydrogen-bond donors (Lipinski definition) is 0. The van der Waals surface area contributed by atoms with Gasteiger partial charge < -0.3 is 4.90 Å². The quantitative estimate of drug-likeness (QED) is 0.446. The first-order valence-electron chi connectivity index (χ1n) is 7.50. The molecule has 0 aliphatic carbocycles. The highest BCUT2D eigenvalue weighted by Gasteiger charge is 2.24. The van der Waals surface area contributed by atoms with E-state index >= 15 is 0 Å². The van der Waals surface area contributed by atoms with Gasteiger partial charge in [0, 0.05) is 30.3 Å². The summed E-state index contributed by atoms with van der Waals surface area (Å²) in [4.78, 5) is 25.5. The number of nitro groups is 1. The summed E-state index contributed by atoms with van der Waals surface area (Å²) < 4.78 is 0. The second kappa shape index (κ2) is 6.79. The second-order valence-electron chi connectivity index (χ2n) is 5.61. The van der Waals surface area contributed by atoms with Crippen LogP contribution in [0.1, 0.15) is 28.8 Å². The molecular weight excluding hydrogens is 351 g/mol. The molecule has 3 rings (SSSR count). The summed E-state index contributed by atoms with van der Waals surface area (Å²) in [5.41, 5.74) is 1.10. The fourth-order valence-corrected chi connectivity index (χ4v) is 3.14. The van der Waals surface area contributed by atoms with Crippen LogP contribution in [0.2, 0.25) is 10.0 Å². The van der Waals surface area contributed by atoms with Gasteiger partial charge in [0.05, 0.1) is 15.0 Å². The fraction of sp³-hybridized carbons (Fsp3) is 0.235. The van der Waals surface area contributed by atoms with Gasteiger partial charge in [-0.05, 0) is 43.2 Å². The minimum atomic E-state index is -0.445. The van der Waals surface area contributed by atoms with E-state index in [1.54, 1.807) is 18.2 Å². The molecule has 5 nitrogen and oxygen atoms in total. The highest BCUT2D eigenvalue weighted by atomic mass is 35.5. The van der Waals surface area contributed by atoms with E-state index in [9.17, 15) is 14.9 Å². The summed E-state index contributed by atoms with van der Waals surface area (Å²) in [7, 11) is 0. The Balaban J connectivity index is 1.98. The van der Waals surface area contributed by atoms with Gasteiger partial charge in [0.1, 0.15) is 5.69 Å². The Kier molecular flexibility index (Phi) is 4.73. The van der Waals surface area contributed by atoms with Crippen LogP contribution in [0.25, 0.3) is 0 Å². The Hall–Kier alpha value is -2.11. The summed E-state index contributed by atoms with van der Waals surface area (Å²) in [5, 5.41) is 12.0. The van der Waals surface area contributed by atoms with Gasteiger partial charge in [0.2, 0.25) is 0 Å². The molecule has 0 saturated carbocycles. The number of halogens is 2. The molecule has 1 heterocycles. The van der Waals surface area contributed by atoms with E-state index in [1.807, 2.05) is 4.90 Å². The average Bonchev–Trinajstić information content (AvgIpc) is 3.10. The molecule has 0 atom stereocenters. The molecule has 0 N–H and O–H groups in total. The molecular formula is C17H14Cl2N2O3. The van der Waals surface area contributed by atoms with Gasteiger partial charge in [-0.2, -0.15) is 0 Å². The normalized spacial score (nSPS) is 14.0. The van der Waals surface area contributed by atoms with Crippen molar-refractivity contribution in [2.24, 2.45) is 0 Å². The molecule has 2 aromatic rings. The van der Waals surface area contributed by atoms with Crippen molar-refractivity contribution in [3.05, 3.63) is 67.7 Å². The van der Waals surface area contributed by atoms with Crippen molar-refractivity contribution in [3.63, 3.8) is 0 Å². The van der Waals surface area contributed by atoms with Crippen LogP contribution in [-0.2, 0) is 0 Å². The molecule has 124 valence electrons. The van der Waals surface area contributed by atoms with E-state index in [-0.39, 0.29) is 22.1 Å². The van der Waals surface area contributed by atoms with Crippen LogP contribution in [-0.4, -0.2) is 23.8 Å². The van der Waals surface area contributed by atoms with Crippen LogP contribution >= 0.6 is 23.2 Å². The zero-order valence-electron chi connectivity index (χ0n) is 12.7. The second-order valence-corrected chi connectivity index (χ2v) is 6.43. The predicted molar refractivity (Wildman–Crippen MR) is 94.4 cm³/mol. The molecule has 0 radical (unpaired) electrons. The Morgan fingerprint density at radius 3 is 2.25 bits per heavy atom. The number of ketones is 1. The van der Waals surface area contributed by atoms with Gasteiger partial charge in [-0.3, -0.25) is 14.9 Å². The van der Waals surface area contributed by atoms with E-state index in [2.05, 4.69) is 0 Å². The predicted octanol–water partition coefficient (Wildman–Crippen LogP) is 4.73. The molecule has 0 unspecified atom stereocenters. The van der Waals surface area contributed by atoms with Gasteiger partial charge in [-0.1, -0.05) is 23.2 Å². The van der Waals surface area contributed by atoms with Crippen molar-refractivity contribution in [1.82, 2.24) is 0 Å². The number of rotatable bonds is 4. The maximum atomic E-state index is 12.6. The molecule has 2 aromatic carbocycles. The first-order valence-corrected chi connectivity index (χ1v) is 8.26. The van der Waals surface area contributed by atoms with E-state index < -0.39 is 4.92 Å².